The summed E-state index contributed by atoms with van der Waals surface area (Å²) in [4.78, 5) is 0. The first-order valence-corrected chi connectivity index (χ1v) is 7.64. The SMILES string of the molecule is CCOCC.NCCC1OCCOC1(CCN)CCN. The van der Waals surface area contributed by atoms with Gasteiger partial charge >= 0.3 is 0 Å². The monoisotopic (exact) mass is 291 g/mol. The van der Waals surface area contributed by atoms with Crippen molar-refractivity contribution in [2.75, 3.05) is 46.1 Å². The lowest BCUT2D eigenvalue weighted by molar-refractivity contribution is -0.208. The number of hydrogen-bond acceptors (Lipinski definition) is 6. The maximum absolute atomic E-state index is 5.87. The molecule has 0 saturated carbocycles. The molecule has 1 heterocycles. The van der Waals surface area contributed by atoms with E-state index in [1.807, 2.05) is 13.8 Å². The topological polar surface area (TPSA) is 106 Å². The van der Waals surface area contributed by atoms with Crippen LogP contribution >= 0.6 is 0 Å². The minimum atomic E-state index is -0.304. The van der Waals surface area contributed by atoms with Crippen LogP contribution in [0.4, 0.5) is 0 Å². The summed E-state index contributed by atoms with van der Waals surface area (Å²) in [7, 11) is 0. The molecule has 20 heavy (non-hydrogen) atoms. The van der Waals surface area contributed by atoms with Gasteiger partial charge in [-0.1, -0.05) is 0 Å². The average molecular weight is 291 g/mol. The highest BCUT2D eigenvalue weighted by Gasteiger charge is 2.41. The van der Waals surface area contributed by atoms with Gasteiger partial charge in [0.25, 0.3) is 0 Å². The molecule has 1 aliphatic rings. The van der Waals surface area contributed by atoms with Crippen LogP contribution in [0.15, 0.2) is 0 Å². The zero-order valence-electron chi connectivity index (χ0n) is 13.1. The molecule has 0 radical (unpaired) electrons. The lowest BCUT2D eigenvalue weighted by Gasteiger charge is -2.43. The summed E-state index contributed by atoms with van der Waals surface area (Å²) in [6.45, 7) is 8.71. The molecule has 0 aliphatic carbocycles. The van der Waals surface area contributed by atoms with Gasteiger partial charge in [-0.15, -0.1) is 0 Å². The standard InChI is InChI=1S/C10H23N3O2.C4H10O/c11-4-1-9-10(2-5-12,3-6-13)15-8-7-14-9;1-3-5-4-2/h9H,1-8,11-13H2;3-4H2,1-2H3. The first-order chi connectivity index (χ1) is 9.70. The van der Waals surface area contributed by atoms with Gasteiger partial charge in [-0.25, -0.2) is 0 Å². The van der Waals surface area contributed by atoms with Crippen molar-refractivity contribution in [1.82, 2.24) is 0 Å². The molecule has 1 saturated heterocycles. The first kappa shape index (κ1) is 19.8. The second kappa shape index (κ2) is 12.5. The Morgan fingerprint density at radius 1 is 1.00 bits per heavy atom. The largest absolute Gasteiger partial charge is 0.382 e. The Labute approximate surface area is 123 Å². The molecule has 0 spiro atoms. The Balaban J connectivity index is 0.000000621. The molecule has 122 valence electrons. The maximum Gasteiger partial charge on any atom is 0.0968 e. The average Bonchev–Trinajstić information content (AvgIpc) is 2.44. The molecule has 6 nitrogen and oxygen atoms in total. The van der Waals surface area contributed by atoms with Gasteiger partial charge in [0, 0.05) is 13.2 Å². The molecule has 0 aromatic rings. The summed E-state index contributed by atoms with van der Waals surface area (Å²) < 4.78 is 16.4. The Morgan fingerprint density at radius 2 is 1.60 bits per heavy atom. The van der Waals surface area contributed by atoms with Crippen molar-refractivity contribution in [2.45, 2.75) is 44.8 Å². The van der Waals surface area contributed by atoms with Crippen LogP contribution in [0.25, 0.3) is 0 Å². The highest BCUT2D eigenvalue weighted by Crippen LogP contribution is 2.31. The van der Waals surface area contributed by atoms with E-state index in [1.54, 1.807) is 0 Å². The first-order valence-electron chi connectivity index (χ1n) is 7.64. The van der Waals surface area contributed by atoms with Gasteiger partial charge in [0.15, 0.2) is 0 Å². The van der Waals surface area contributed by atoms with Crippen molar-refractivity contribution < 1.29 is 14.2 Å². The van der Waals surface area contributed by atoms with Crippen LogP contribution in [0.5, 0.6) is 0 Å². The molecule has 1 aliphatic heterocycles. The minimum Gasteiger partial charge on any atom is -0.382 e. The summed E-state index contributed by atoms with van der Waals surface area (Å²) >= 11 is 0. The van der Waals surface area contributed by atoms with Crippen molar-refractivity contribution in [3.63, 3.8) is 0 Å². The van der Waals surface area contributed by atoms with Gasteiger partial charge in [0.1, 0.15) is 0 Å². The molecule has 1 rings (SSSR count). The van der Waals surface area contributed by atoms with E-state index >= 15 is 0 Å². The molecule has 0 amide bonds. The zero-order valence-corrected chi connectivity index (χ0v) is 13.1. The fraction of sp³-hybridized carbons (Fsp3) is 1.00. The Morgan fingerprint density at radius 3 is 2.00 bits per heavy atom. The number of ether oxygens (including phenoxy) is 3. The van der Waals surface area contributed by atoms with Gasteiger partial charge in [-0.3, -0.25) is 0 Å². The maximum atomic E-state index is 5.87. The molecule has 0 aromatic carbocycles. The zero-order chi connectivity index (χ0) is 15.3. The van der Waals surface area contributed by atoms with Crippen LogP contribution in [-0.4, -0.2) is 57.8 Å². The number of rotatable bonds is 8. The summed E-state index contributed by atoms with van der Waals surface area (Å²) in [5.74, 6) is 0. The second-order valence-corrected chi connectivity index (χ2v) is 4.71. The van der Waals surface area contributed by atoms with Crippen molar-refractivity contribution in [1.29, 1.82) is 0 Å². The summed E-state index contributed by atoms with van der Waals surface area (Å²) in [6, 6.07) is 0. The molecule has 0 bridgehead atoms. The molecule has 1 atom stereocenters. The van der Waals surface area contributed by atoms with Crippen LogP contribution in [-0.2, 0) is 14.2 Å². The van der Waals surface area contributed by atoms with E-state index in [0.717, 1.165) is 32.5 Å². The Kier molecular flexibility index (Phi) is 12.3. The van der Waals surface area contributed by atoms with E-state index in [-0.39, 0.29) is 11.7 Å². The van der Waals surface area contributed by atoms with Gasteiger partial charge < -0.3 is 31.4 Å². The van der Waals surface area contributed by atoms with Crippen molar-refractivity contribution in [2.24, 2.45) is 17.2 Å². The summed E-state index contributed by atoms with van der Waals surface area (Å²) in [5, 5.41) is 0. The molecule has 6 heteroatoms. The summed E-state index contributed by atoms with van der Waals surface area (Å²) in [6.07, 6.45) is 2.42. The third-order valence-electron chi connectivity index (χ3n) is 3.35. The van der Waals surface area contributed by atoms with E-state index in [2.05, 4.69) is 0 Å². The predicted molar refractivity (Wildman–Crippen MR) is 81.6 cm³/mol. The normalized spacial score (nSPS) is 21.1. The van der Waals surface area contributed by atoms with Crippen molar-refractivity contribution in [3.05, 3.63) is 0 Å². The highest BCUT2D eigenvalue weighted by atomic mass is 16.6. The van der Waals surface area contributed by atoms with Crippen LogP contribution in [0.2, 0.25) is 0 Å². The van der Waals surface area contributed by atoms with E-state index in [1.165, 1.54) is 0 Å². The van der Waals surface area contributed by atoms with Crippen LogP contribution in [0, 0.1) is 0 Å². The summed E-state index contributed by atoms with van der Waals surface area (Å²) in [5.41, 5.74) is 16.5. The van der Waals surface area contributed by atoms with Gasteiger partial charge in [-0.05, 0) is 52.7 Å². The van der Waals surface area contributed by atoms with Crippen molar-refractivity contribution in [3.8, 4) is 0 Å². The fourth-order valence-corrected chi connectivity index (χ4v) is 2.46. The predicted octanol–water partition coefficient (Wildman–Crippen LogP) is 0.230. The molecular formula is C14H33N3O3. The number of hydrogen-bond donors (Lipinski definition) is 3. The van der Waals surface area contributed by atoms with Crippen LogP contribution in [0.3, 0.4) is 0 Å². The molecule has 6 N–H and O–H groups in total. The Bertz CT molecular complexity index is 202. The van der Waals surface area contributed by atoms with E-state index in [9.17, 15) is 0 Å². The molecule has 0 aromatic heterocycles. The van der Waals surface area contributed by atoms with Crippen molar-refractivity contribution >= 4 is 0 Å². The fourth-order valence-electron chi connectivity index (χ4n) is 2.46. The molecule has 1 unspecified atom stereocenters. The lowest BCUT2D eigenvalue weighted by atomic mass is 9.86. The lowest BCUT2D eigenvalue weighted by Crippen LogP contribution is -2.53. The van der Waals surface area contributed by atoms with E-state index in [4.69, 9.17) is 31.4 Å². The third kappa shape index (κ3) is 6.97. The van der Waals surface area contributed by atoms with Gasteiger partial charge in [-0.2, -0.15) is 0 Å². The van der Waals surface area contributed by atoms with Gasteiger partial charge in [0.05, 0.1) is 24.9 Å². The van der Waals surface area contributed by atoms with Crippen LogP contribution < -0.4 is 17.2 Å². The third-order valence-corrected chi connectivity index (χ3v) is 3.35. The smallest absolute Gasteiger partial charge is 0.0968 e. The molecular weight excluding hydrogens is 258 g/mol. The second-order valence-electron chi connectivity index (χ2n) is 4.71. The Hall–Kier alpha value is -0.240. The van der Waals surface area contributed by atoms with Gasteiger partial charge in [0.2, 0.25) is 0 Å². The number of nitrogens with two attached hydrogens (primary N) is 3. The van der Waals surface area contributed by atoms with E-state index in [0.29, 0.717) is 32.8 Å². The van der Waals surface area contributed by atoms with Crippen LogP contribution in [0.1, 0.15) is 33.1 Å². The van der Waals surface area contributed by atoms with E-state index < -0.39 is 0 Å². The quantitative estimate of drug-likeness (QED) is 0.591. The minimum absolute atomic E-state index is 0.0448. The highest BCUT2D eigenvalue weighted by molar-refractivity contribution is 4.92. The molecule has 1 fully saturated rings.